The maximum absolute atomic E-state index is 9.10. The molecule has 1 heterocycles. The van der Waals surface area contributed by atoms with Gasteiger partial charge in [0.2, 0.25) is 0 Å². The molecule has 90 valence electrons. The molecule has 0 N–H and O–H groups in total. The van der Waals surface area contributed by atoms with Gasteiger partial charge in [-0.05, 0) is 49.9 Å². The Hall–Kier alpha value is -2.15. The van der Waals surface area contributed by atoms with Gasteiger partial charge in [0.25, 0.3) is 0 Å². The van der Waals surface area contributed by atoms with Crippen LogP contribution in [0.2, 0.25) is 0 Å². The topological polar surface area (TPSA) is 54.5 Å². The maximum atomic E-state index is 9.10. The molecule has 0 aliphatic heterocycles. The summed E-state index contributed by atoms with van der Waals surface area (Å²) in [6, 6.07) is 8.43. The van der Waals surface area contributed by atoms with E-state index in [4.69, 9.17) is 5.26 Å². The van der Waals surface area contributed by atoms with Crippen LogP contribution in [0.1, 0.15) is 41.3 Å². The van der Waals surface area contributed by atoms with Gasteiger partial charge in [0.15, 0.2) is 5.69 Å². The van der Waals surface area contributed by atoms with Crippen molar-refractivity contribution < 1.29 is 0 Å². The highest BCUT2D eigenvalue weighted by Gasteiger charge is 2.31. The van der Waals surface area contributed by atoms with Crippen LogP contribution in [0.25, 0.3) is 5.69 Å². The quantitative estimate of drug-likeness (QED) is 0.808. The zero-order valence-electron chi connectivity index (χ0n) is 10.5. The van der Waals surface area contributed by atoms with Crippen molar-refractivity contribution >= 4 is 0 Å². The first-order valence-electron chi connectivity index (χ1n) is 6.13. The Labute approximate surface area is 106 Å². The first-order valence-corrected chi connectivity index (χ1v) is 6.13. The Morgan fingerprint density at radius 2 is 1.89 bits per heavy atom. The summed E-state index contributed by atoms with van der Waals surface area (Å²) in [7, 11) is 0. The number of rotatable bonds is 2. The Bertz CT molecular complexity index is 624. The van der Waals surface area contributed by atoms with Gasteiger partial charge in [0, 0.05) is 5.92 Å². The van der Waals surface area contributed by atoms with E-state index < -0.39 is 0 Å². The average Bonchev–Trinajstić information content (AvgIpc) is 3.07. The van der Waals surface area contributed by atoms with E-state index in [9.17, 15) is 0 Å². The van der Waals surface area contributed by atoms with Crippen LogP contribution < -0.4 is 0 Å². The molecule has 2 aromatic rings. The van der Waals surface area contributed by atoms with E-state index in [1.165, 1.54) is 11.1 Å². The van der Waals surface area contributed by atoms with E-state index in [2.05, 4.69) is 48.4 Å². The van der Waals surface area contributed by atoms with Crippen molar-refractivity contribution in [1.29, 1.82) is 5.26 Å². The predicted octanol–water partition coefficient (Wildman–Crippen LogP) is 2.63. The summed E-state index contributed by atoms with van der Waals surface area (Å²) in [5.41, 5.74) is 4.84. The van der Waals surface area contributed by atoms with Gasteiger partial charge in [-0.2, -0.15) is 5.26 Å². The summed E-state index contributed by atoms with van der Waals surface area (Å²) >= 11 is 0. The van der Waals surface area contributed by atoms with Gasteiger partial charge in [-0.15, -0.1) is 5.10 Å². The lowest BCUT2D eigenvalue weighted by atomic mass is 10.1. The summed E-state index contributed by atoms with van der Waals surface area (Å²) in [5, 5.41) is 17.2. The molecule has 4 heteroatoms. The molecule has 1 saturated carbocycles. The average molecular weight is 238 g/mol. The Morgan fingerprint density at radius 3 is 2.44 bits per heavy atom. The van der Waals surface area contributed by atoms with Gasteiger partial charge in [-0.25, -0.2) is 4.68 Å². The molecular weight excluding hydrogens is 224 g/mol. The molecule has 3 rings (SSSR count). The fraction of sp³-hybridized carbons (Fsp3) is 0.357. The molecule has 0 radical (unpaired) electrons. The first-order chi connectivity index (χ1) is 8.69. The van der Waals surface area contributed by atoms with Crippen molar-refractivity contribution in [2.75, 3.05) is 0 Å². The lowest BCUT2D eigenvalue weighted by molar-refractivity contribution is 0.762. The third kappa shape index (κ3) is 1.78. The smallest absolute Gasteiger partial charge is 0.186 e. The van der Waals surface area contributed by atoms with Gasteiger partial charge in [0.05, 0.1) is 11.4 Å². The zero-order valence-corrected chi connectivity index (χ0v) is 10.5. The number of nitrogens with zero attached hydrogens (tertiary/aromatic N) is 4. The molecule has 4 nitrogen and oxygen atoms in total. The standard InChI is InChI=1S/C14H14N4/c1-9-5-10(2)7-12(6-9)18-14(11-3-4-11)13(8-15)16-17-18/h5-7,11H,3-4H2,1-2H3. The summed E-state index contributed by atoms with van der Waals surface area (Å²) in [5.74, 6) is 0.454. The minimum atomic E-state index is 0.454. The summed E-state index contributed by atoms with van der Waals surface area (Å²) in [4.78, 5) is 0. The molecule has 0 unspecified atom stereocenters. The van der Waals surface area contributed by atoms with E-state index in [1.807, 2.05) is 4.68 Å². The summed E-state index contributed by atoms with van der Waals surface area (Å²) < 4.78 is 1.83. The molecule has 0 spiro atoms. The van der Waals surface area contributed by atoms with Gasteiger partial charge in [-0.3, -0.25) is 0 Å². The van der Waals surface area contributed by atoms with Crippen molar-refractivity contribution in [3.63, 3.8) is 0 Å². The molecule has 1 fully saturated rings. The number of benzene rings is 1. The van der Waals surface area contributed by atoms with Gasteiger partial charge < -0.3 is 0 Å². The Kier molecular flexibility index (Phi) is 2.41. The minimum absolute atomic E-state index is 0.454. The van der Waals surface area contributed by atoms with Crippen molar-refractivity contribution in [1.82, 2.24) is 15.0 Å². The monoisotopic (exact) mass is 238 g/mol. The highest BCUT2D eigenvalue weighted by molar-refractivity contribution is 5.43. The number of aromatic nitrogens is 3. The van der Waals surface area contributed by atoms with E-state index in [1.54, 1.807) is 0 Å². The van der Waals surface area contributed by atoms with Crippen LogP contribution in [-0.4, -0.2) is 15.0 Å². The number of aryl methyl sites for hydroxylation is 2. The molecule has 1 aromatic heterocycles. The van der Waals surface area contributed by atoms with Crippen molar-refractivity contribution in [3.05, 3.63) is 40.7 Å². The molecule has 1 aromatic carbocycles. The lowest BCUT2D eigenvalue weighted by Gasteiger charge is -2.07. The molecule has 0 bridgehead atoms. The van der Waals surface area contributed by atoms with E-state index in [0.717, 1.165) is 24.2 Å². The van der Waals surface area contributed by atoms with E-state index in [-0.39, 0.29) is 0 Å². The predicted molar refractivity (Wildman–Crippen MR) is 67.5 cm³/mol. The van der Waals surface area contributed by atoms with Gasteiger partial charge >= 0.3 is 0 Å². The Morgan fingerprint density at radius 1 is 1.22 bits per heavy atom. The third-order valence-electron chi connectivity index (χ3n) is 3.23. The molecular formula is C14H14N4. The maximum Gasteiger partial charge on any atom is 0.186 e. The van der Waals surface area contributed by atoms with Crippen LogP contribution in [-0.2, 0) is 0 Å². The fourth-order valence-corrected chi connectivity index (χ4v) is 2.36. The van der Waals surface area contributed by atoms with Gasteiger partial charge in [0.1, 0.15) is 6.07 Å². The summed E-state index contributed by atoms with van der Waals surface area (Å²) in [6.07, 6.45) is 2.26. The fourth-order valence-electron chi connectivity index (χ4n) is 2.36. The van der Waals surface area contributed by atoms with Crippen molar-refractivity contribution in [2.24, 2.45) is 0 Å². The van der Waals surface area contributed by atoms with Gasteiger partial charge in [-0.1, -0.05) is 11.3 Å². The SMILES string of the molecule is Cc1cc(C)cc(-n2nnc(C#N)c2C2CC2)c1. The summed E-state index contributed by atoms with van der Waals surface area (Å²) in [6.45, 7) is 4.13. The minimum Gasteiger partial charge on any atom is -0.216 e. The second-order valence-corrected chi connectivity index (χ2v) is 4.97. The number of hydrogen-bond acceptors (Lipinski definition) is 3. The molecule has 0 saturated heterocycles. The Balaban J connectivity index is 2.17. The number of hydrogen-bond donors (Lipinski definition) is 0. The normalized spacial score (nSPS) is 14.5. The van der Waals surface area contributed by atoms with Crippen LogP contribution >= 0.6 is 0 Å². The lowest BCUT2D eigenvalue weighted by Crippen LogP contribution is -2.03. The zero-order chi connectivity index (χ0) is 12.7. The second-order valence-electron chi connectivity index (χ2n) is 4.97. The molecule has 18 heavy (non-hydrogen) atoms. The van der Waals surface area contributed by atoms with E-state index >= 15 is 0 Å². The molecule has 0 amide bonds. The first kappa shape index (κ1) is 11.0. The van der Waals surface area contributed by atoms with Crippen molar-refractivity contribution in [3.8, 4) is 11.8 Å². The number of nitriles is 1. The van der Waals surface area contributed by atoms with Crippen LogP contribution in [0.15, 0.2) is 18.2 Å². The second kappa shape index (κ2) is 3.95. The van der Waals surface area contributed by atoms with Crippen LogP contribution in [0.5, 0.6) is 0 Å². The third-order valence-corrected chi connectivity index (χ3v) is 3.23. The van der Waals surface area contributed by atoms with Crippen LogP contribution in [0, 0.1) is 25.2 Å². The highest BCUT2D eigenvalue weighted by Crippen LogP contribution is 2.41. The molecule has 0 atom stereocenters. The van der Waals surface area contributed by atoms with Crippen LogP contribution in [0.4, 0.5) is 0 Å². The molecule has 1 aliphatic rings. The largest absolute Gasteiger partial charge is 0.216 e. The van der Waals surface area contributed by atoms with E-state index in [0.29, 0.717) is 11.6 Å². The highest BCUT2D eigenvalue weighted by atomic mass is 15.4. The van der Waals surface area contributed by atoms with Crippen LogP contribution in [0.3, 0.4) is 0 Å². The van der Waals surface area contributed by atoms with Crippen molar-refractivity contribution in [2.45, 2.75) is 32.6 Å². The molecule has 1 aliphatic carbocycles.